The summed E-state index contributed by atoms with van der Waals surface area (Å²) in [5.41, 5.74) is 5.51. The second kappa shape index (κ2) is 8.74. The highest BCUT2D eigenvalue weighted by Gasteiger charge is 2.28. The first kappa shape index (κ1) is 19.6. The molecule has 0 saturated carbocycles. The monoisotopic (exact) mass is 401 g/mol. The number of hydrogen-bond acceptors (Lipinski definition) is 3. The Balaban J connectivity index is 1.34. The van der Waals surface area contributed by atoms with Gasteiger partial charge in [-0.1, -0.05) is 66.7 Å². The van der Waals surface area contributed by atoms with Crippen LogP contribution in [0.4, 0.5) is 9.18 Å². The van der Waals surface area contributed by atoms with E-state index in [0.717, 1.165) is 11.1 Å². The molecule has 0 atom stereocenters. The minimum atomic E-state index is -0.517. The van der Waals surface area contributed by atoms with Gasteiger partial charge in [-0.15, -0.1) is 0 Å². The van der Waals surface area contributed by atoms with Crippen LogP contribution in [0.3, 0.4) is 0 Å². The molecule has 0 saturated heterocycles. The fourth-order valence-corrected chi connectivity index (χ4v) is 3.78. The minimum Gasteiger partial charge on any atom is -0.449 e. The average molecular weight is 401 g/mol. The molecule has 4 nitrogen and oxygen atoms in total. The number of halogens is 1. The molecule has 3 aromatic rings. The molecule has 0 bridgehead atoms. The zero-order valence-corrected chi connectivity index (χ0v) is 16.2. The molecule has 4 rings (SSSR count). The van der Waals surface area contributed by atoms with E-state index in [4.69, 9.17) is 4.74 Å². The van der Waals surface area contributed by atoms with Crippen molar-refractivity contribution in [3.63, 3.8) is 0 Å². The Morgan fingerprint density at radius 1 is 0.967 bits per heavy atom. The number of carbonyl (C=O) groups is 2. The molecule has 0 aromatic heterocycles. The second-order valence-corrected chi connectivity index (χ2v) is 7.00. The van der Waals surface area contributed by atoms with Crippen LogP contribution >= 0.6 is 0 Å². The first-order valence-electron chi connectivity index (χ1n) is 9.67. The van der Waals surface area contributed by atoms with Crippen molar-refractivity contribution >= 4 is 18.5 Å². The van der Waals surface area contributed by atoms with Crippen molar-refractivity contribution in [2.45, 2.75) is 5.92 Å². The predicted octanol–water partition coefficient (Wildman–Crippen LogP) is 5.19. The van der Waals surface area contributed by atoms with Gasteiger partial charge < -0.3 is 10.1 Å². The largest absolute Gasteiger partial charge is 0.449 e. The molecule has 1 aliphatic rings. The van der Waals surface area contributed by atoms with Gasteiger partial charge in [0.05, 0.1) is 0 Å². The maximum Gasteiger partial charge on any atom is 0.407 e. The summed E-state index contributed by atoms with van der Waals surface area (Å²) in [4.78, 5) is 23.1. The maximum atomic E-state index is 13.2. The SMILES string of the molecule is O=Cc1cc(F)ccc1C=CCNC(=O)OCC1c2ccccc2-c2ccccc21. The van der Waals surface area contributed by atoms with Gasteiger partial charge in [-0.2, -0.15) is 0 Å². The van der Waals surface area contributed by atoms with Crippen molar-refractivity contribution < 1.29 is 18.7 Å². The highest BCUT2D eigenvalue weighted by molar-refractivity contribution is 5.82. The highest BCUT2D eigenvalue weighted by atomic mass is 19.1. The van der Waals surface area contributed by atoms with E-state index in [9.17, 15) is 14.0 Å². The number of ether oxygens (including phenoxy) is 1. The molecule has 150 valence electrons. The summed E-state index contributed by atoms with van der Waals surface area (Å²) in [5.74, 6) is -0.459. The molecule has 0 fully saturated rings. The van der Waals surface area contributed by atoms with Crippen LogP contribution in [0.5, 0.6) is 0 Å². The van der Waals surface area contributed by atoms with Gasteiger partial charge in [-0.05, 0) is 39.9 Å². The lowest BCUT2D eigenvalue weighted by Gasteiger charge is -2.14. The third-order valence-corrected chi connectivity index (χ3v) is 5.18. The van der Waals surface area contributed by atoms with Crippen LogP contribution in [0.25, 0.3) is 17.2 Å². The smallest absolute Gasteiger partial charge is 0.407 e. The third-order valence-electron chi connectivity index (χ3n) is 5.18. The van der Waals surface area contributed by atoms with E-state index in [2.05, 4.69) is 29.6 Å². The van der Waals surface area contributed by atoms with Crippen LogP contribution in [-0.4, -0.2) is 25.5 Å². The molecule has 1 aliphatic carbocycles. The molecule has 0 spiro atoms. The Bertz CT molecular complexity index is 1080. The molecule has 1 N–H and O–H groups in total. The first-order valence-corrected chi connectivity index (χ1v) is 9.67. The van der Waals surface area contributed by atoms with Crippen molar-refractivity contribution in [1.29, 1.82) is 0 Å². The van der Waals surface area contributed by atoms with Crippen LogP contribution in [0.15, 0.2) is 72.8 Å². The molecular formula is C25H20FNO3. The van der Waals surface area contributed by atoms with Gasteiger partial charge in [-0.3, -0.25) is 4.79 Å². The Morgan fingerprint density at radius 2 is 1.63 bits per heavy atom. The Morgan fingerprint density at radius 3 is 2.30 bits per heavy atom. The van der Waals surface area contributed by atoms with Crippen LogP contribution in [0, 0.1) is 5.82 Å². The normalized spacial score (nSPS) is 12.4. The van der Waals surface area contributed by atoms with Gasteiger partial charge >= 0.3 is 6.09 Å². The summed E-state index contributed by atoms with van der Waals surface area (Å²) in [5, 5.41) is 2.66. The van der Waals surface area contributed by atoms with Crippen LogP contribution in [0.1, 0.15) is 33.0 Å². The topological polar surface area (TPSA) is 55.4 Å². The van der Waals surface area contributed by atoms with Gasteiger partial charge in [0.2, 0.25) is 0 Å². The fourth-order valence-electron chi connectivity index (χ4n) is 3.78. The number of carbonyl (C=O) groups excluding carboxylic acids is 2. The number of amides is 1. The molecule has 3 aromatic carbocycles. The number of nitrogens with one attached hydrogen (secondary N) is 1. The third kappa shape index (κ3) is 4.01. The van der Waals surface area contributed by atoms with E-state index in [1.807, 2.05) is 24.3 Å². The summed E-state index contributed by atoms with van der Waals surface area (Å²) >= 11 is 0. The number of hydrogen-bond donors (Lipinski definition) is 1. The van der Waals surface area contributed by atoms with Gasteiger partial charge in [0.15, 0.2) is 6.29 Å². The van der Waals surface area contributed by atoms with Crippen molar-refractivity contribution in [3.05, 3.63) is 101 Å². The van der Waals surface area contributed by atoms with E-state index in [1.54, 1.807) is 12.2 Å². The first-order chi connectivity index (χ1) is 14.7. The van der Waals surface area contributed by atoms with E-state index >= 15 is 0 Å². The zero-order chi connectivity index (χ0) is 20.9. The Kier molecular flexibility index (Phi) is 5.70. The lowest BCUT2D eigenvalue weighted by Crippen LogP contribution is -2.26. The summed E-state index contributed by atoms with van der Waals surface area (Å²) in [6.45, 7) is 0.475. The summed E-state index contributed by atoms with van der Waals surface area (Å²) in [6.07, 6.45) is 3.42. The van der Waals surface area contributed by atoms with E-state index in [1.165, 1.54) is 29.3 Å². The van der Waals surface area contributed by atoms with Crippen LogP contribution in [0.2, 0.25) is 0 Å². The number of alkyl carbamates (subject to hydrolysis) is 1. The number of benzene rings is 3. The fraction of sp³-hybridized carbons (Fsp3) is 0.120. The maximum absolute atomic E-state index is 13.2. The number of fused-ring (bicyclic) bond motifs is 3. The van der Waals surface area contributed by atoms with Gasteiger partial charge in [0.1, 0.15) is 12.4 Å². The molecule has 0 radical (unpaired) electrons. The Hall–Kier alpha value is -3.73. The summed E-state index contributed by atoms with van der Waals surface area (Å²) in [7, 11) is 0. The summed E-state index contributed by atoms with van der Waals surface area (Å²) < 4.78 is 18.6. The van der Waals surface area contributed by atoms with Crippen molar-refractivity contribution in [3.8, 4) is 11.1 Å². The molecule has 30 heavy (non-hydrogen) atoms. The van der Waals surface area contributed by atoms with Crippen LogP contribution < -0.4 is 5.32 Å². The number of rotatable bonds is 6. The van der Waals surface area contributed by atoms with Gasteiger partial charge in [0, 0.05) is 18.0 Å². The van der Waals surface area contributed by atoms with E-state index in [-0.39, 0.29) is 24.6 Å². The van der Waals surface area contributed by atoms with Crippen molar-refractivity contribution in [2.75, 3.05) is 13.2 Å². The highest BCUT2D eigenvalue weighted by Crippen LogP contribution is 2.44. The molecule has 0 aliphatic heterocycles. The zero-order valence-electron chi connectivity index (χ0n) is 16.2. The van der Waals surface area contributed by atoms with E-state index in [0.29, 0.717) is 11.8 Å². The predicted molar refractivity (Wildman–Crippen MR) is 114 cm³/mol. The summed E-state index contributed by atoms with van der Waals surface area (Å²) in [6, 6.07) is 20.3. The quantitative estimate of drug-likeness (QED) is 0.579. The van der Waals surface area contributed by atoms with Crippen molar-refractivity contribution in [1.82, 2.24) is 5.32 Å². The molecule has 0 unspecified atom stereocenters. The van der Waals surface area contributed by atoms with Crippen molar-refractivity contribution in [2.24, 2.45) is 0 Å². The lowest BCUT2D eigenvalue weighted by molar-refractivity contribution is 0.112. The molecule has 5 heteroatoms. The van der Waals surface area contributed by atoms with Gasteiger partial charge in [0.25, 0.3) is 0 Å². The van der Waals surface area contributed by atoms with Crippen LogP contribution in [-0.2, 0) is 4.74 Å². The minimum absolute atomic E-state index is 0.00746. The molecule has 0 heterocycles. The molecular weight excluding hydrogens is 381 g/mol. The second-order valence-electron chi connectivity index (χ2n) is 7.00. The van der Waals surface area contributed by atoms with E-state index < -0.39 is 11.9 Å². The Labute approximate surface area is 174 Å². The molecule has 1 amide bonds. The number of aldehydes is 1. The average Bonchev–Trinajstić information content (AvgIpc) is 3.10. The standard InChI is InChI=1S/C25H20FNO3/c26-19-12-11-17(18(14-19)15-28)6-5-13-27-25(29)30-16-24-22-9-3-1-7-20(22)21-8-2-4-10-23(21)24/h1-12,14-15,24H,13,16H2,(H,27,29). The van der Waals surface area contributed by atoms with Gasteiger partial charge in [-0.25, -0.2) is 9.18 Å². The lowest BCUT2D eigenvalue weighted by atomic mass is 9.98.